The van der Waals surface area contributed by atoms with Gasteiger partial charge in [0.15, 0.2) is 0 Å². The zero-order valence-corrected chi connectivity index (χ0v) is 17.4. The summed E-state index contributed by atoms with van der Waals surface area (Å²) >= 11 is 1.26. The minimum Gasteiger partial charge on any atom is -0.481 e. The third kappa shape index (κ3) is 5.87. The van der Waals surface area contributed by atoms with Crippen LogP contribution in [0.4, 0.5) is 0 Å². The number of amides is 2. The monoisotopic (exact) mass is 449 g/mol. The number of guanidine groups is 1. The number of nitrogens with zero attached hydrogens (tertiary/aromatic N) is 2. The number of aryl methyl sites for hydroxylation is 1. The van der Waals surface area contributed by atoms with Crippen molar-refractivity contribution < 1.29 is 29.4 Å². The summed E-state index contributed by atoms with van der Waals surface area (Å²) < 4.78 is 0. The summed E-state index contributed by atoms with van der Waals surface area (Å²) in [6.07, 6.45) is 1.55. The lowest BCUT2D eigenvalue weighted by atomic mass is 9.86. The van der Waals surface area contributed by atoms with Crippen molar-refractivity contribution in [3.63, 3.8) is 0 Å². The number of amidine groups is 1. The first-order valence-electron chi connectivity index (χ1n) is 9.76. The number of fused-ring (bicyclic) bond motifs is 1. The van der Waals surface area contributed by atoms with E-state index in [4.69, 9.17) is 10.8 Å². The van der Waals surface area contributed by atoms with E-state index in [1.165, 1.54) is 11.3 Å². The normalized spacial score (nSPS) is 21.2. The van der Waals surface area contributed by atoms with Gasteiger partial charge in [-0.3, -0.25) is 24.7 Å². The van der Waals surface area contributed by atoms with Gasteiger partial charge in [-0.1, -0.05) is 0 Å². The lowest BCUT2D eigenvalue weighted by Gasteiger charge is -2.28. The summed E-state index contributed by atoms with van der Waals surface area (Å²) in [4.78, 5) is 56.1. The Bertz CT molecular complexity index is 955. The highest BCUT2D eigenvalue weighted by atomic mass is 32.1. The van der Waals surface area contributed by atoms with E-state index < -0.39 is 29.8 Å². The zero-order valence-electron chi connectivity index (χ0n) is 16.5. The Morgan fingerprint density at radius 1 is 1.32 bits per heavy atom. The van der Waals surface area contributed by atoms with Crippen molar-refractivity contribution >= 4 is 46.9 Å². The van der Waals surface area contributed by atoms with Gasteiger partial charge in [-0.25, -0.2) is 4.79 Å². The lowest BCUT2D eigenvalue weighted by Crippen LogP contribution is -2.49. The van der Waals surface area contributed by atoms with Crippen LogP contribution in [-0.2, 0) is 20.8 Å². The second-order valence-electron chi connectivity index (χ2n) is 7.44. The molecule has 3 rings (SSSR count). The van der Waals surface area contributed by atoms with E-state index in [0.29, 0.717) is 30.1 Å². The van der Waals surface area contributed by atoms with Gasteiger partial charge in [0.25, 0.3) is 5.91 Å². The van der Waals surface area contributed by atoms with Gasteiger partial charge in [0, 0.05) is 17.8 Å². The van der Waals surface area contributed by atoms with Crippen molar-refractivity contribution in [2.45, 2.75) is 38.1 Å². The first-order chi connectivity index (χ1) is 14.7. The van der Waals surface area contributed by atoms with Crippen LogP contribution < -0.4 is 16.4 Å². The maximum atomic E-state index is 12.3. The van der Waals surface area contributed by atoms with Crippen molar-refractivity contribution in [1.82, 2.24) is 10.6 Å². The van der Waals surface area contributed by atoms with Gasteiger partial charge in [0.1, 0.15) is 11.9 Å². The molecule has 2 aliphatic heterocycles. The first kappa shape index (κ1) is 22.4. The molecule has 0 spiro atoms. The topological polar surface area (TPSA) is 184 Å². The molecule has 3 unspecified atom stereocenters. The Balaban J connectivity index is 1.53. The minimum atomic E-state index is -1.28. The molecular weight excluding hydrogens is 426 g/mol. The van der Waals surface area contributed by atoms with Gasteiger partial charge in [-0.05, 0) is 43.7 Å². The van der Waals surface area contributed by atoms with Crippen LogP contribution in [0, 0.1) is 11.8 Å². The molecule has 0 fully saturated rings. The molecule has 0 radical (unpaired) electrons. The van der Waals surface area contributed by atoms with Crippen LogP contribution in [0.1, 0.15) is 40.2 Å². The Labute approximate surface area is 181 Å². The standard InChI is InChI=1S/C19H23N5O6S/c20-19-23-15-11(16(27)24-19)7-9(8-21-15)1-2-10-3-5-13(31-10)17(28)22-12(18(29)30)4-6-14(25)26/h3,5,9,11-12H,1-2,4,6-8H2,(H,22,28)(H,25,26)(H,29,30)(H3,20,21,23,24,27). The molecule has 0 saturated heterocycles. The van der Waals surface area contributed by atoms with Crippen LogP contribution in [0.15, 0.2) is 22.1 Å². The van der Waals surface area contributed by atoms with Gasteiger partial charge >= 0.3 is 11.9 Å². The number of carbonyl (C=O) groups excluding carboxylic acids is 2. The fraction of sp³-hybridized carbons (Fsp3) is 0.474. The molecule has 3 atom stereocenters. The number of rotatable bonds is 9. The van der Waals surface area contributed by atoms with Crippen LogP contribution in [-0.4, -0.2) is 58.3 Å². The lowest BCUT2D eigenvalue weighted by molar-refractivity contribution is -0.140. The van der Waals surface area contributed by atoms with Gasteiger partial charge in [0.05, 0.1) is 10.8 Å². The molecule has 1 aromatic rings. The quantitative estimate of drug-likeness (QED) is 0.357. The summed E-state index contributed by atoms with van der Waals surface area (Å²) in [5, 5.41) is 22.8. The van der Waals surface area contributed by atoms with Crippen LogP contribution in [0.2, 0.25) is 0 Å². The van der Waals surface area contributed by atoms with Gasteiger partial charge in [0.2, 0.25) is 11.9 Å². The Morgan fingerprint density at radius 3 is 2.81 bits per heavy atom. The van der Waals surface area contributed by atoms with E-state index >= 15 is 0 Å². The van der Waals surface area contributed by atoms with E-state index in [1.807, 2.05) is 6.07 Å². The smallest absolute Gasteiger partial charge is 0.326 e. The average molecular weight is 449 g/mol. The maximum Gasteiger partial charge on any atom is 0.326 e. The number of aliphatic carboxylic acids is 2. The number of carboxylic acids is 2. The van der Waals surface area contributed by atoms with Crippen LogP contribution >= 0.6 is 11.3 Å². The van der Waals surface area contributed by atoms with Crippen molar-refractivity contribution in [3.8, 4) is 0 Å². The number of hydrogen-bond acceptors (Lipinski definition) is 8. The van der Waals surface area contributed by atoms with Crippen molar-refractivity contribution in [2.75, 3.05) is 6.54 Å². The molecule has 1 aromatic heterocycles. The van der Waals surface area contributed by atoms with Gasteiger partial charge < -0.3 is 21.3 Å². The Morgan fingerprint density at radius 2 is 2.10 bits per heavy atom. The highest BCUT2D eigenvalue weighted by molar-refractivity contribution is 7.14. The molecule has 0 aromatic carbocycles. The zero-order chi connectivity index (χ0) is 22.5. The van der Waals surface area contributed by atoms with E-state index in [1.54, 1.807) is 6.07 Å². The number of carbonyl (C=O) groups is 4. The predicted molar refractivity (Wildman–Crippen MR) is 112 cm³/mol. The van der Waals surface area contributed by atoms with Crippen molar-refractivity contribution in [2.24, 2.45) is 27.6 Å². The molecule has 6 N–H and O–H groups in total. The highest BCUT2D eigenvalue weighted by Gasteiger charge is 2.34. The second kappa shape index (κ2) is 9.69. The molecule has 31 heavy (non-hydrogen) atoms. The summed E-state index contributed by atoms with van der Waals surface area (Å²) in [6.45, 7) is 0.554. The first-order valence-corrected chi connectivity index (χ1v) is 10.6. The largest absolute Gasteiger partial charge is 0.481 e. The van der Waals surface area contributed by atoms with Crippen molar-refractivity contribution in [1.29, 1.82) is 0 Å². The summed E-state index contributed by atoms with van der Waals surface area (Å²) in [5.41, 5.74) is 5.55. The van der Waals surface area contributed by atoms with E-state index in [-0.39, 0.29) is 30.6 Å². The highest BCUT2D eigenvalue weighted by Crippen LogP contribution is 2.28. The number of hydrogen-bond donors (Lipinski definition) is 5. The molecule has 2 amide bonds. The van der Waals surface area contributed by atoms with Crippen LogP contribution in [0.3, 0.4) is 0 Å². The predicted octanol–water partition coefficient (Wildman–Crippen LogP) is 0.208. The molecule has 166 valence electrons. The number of nitrogens with two attached hydrogens (primary N) is 1. The van der Waals surface area contributed by atoms with Crippen molar-refractivity contribution in [3.05, 3.63) is 21.9 Å². The van der Waals surface area contributed by atoms with E-state index in [0.717, 1.165) is 11.3 Å². The Hall–Kier alpha value is -3.28. The average Bonchev–Trinajstić information content (AvgIpc) is 3.18. The molecule has 0 aliphatic carbocycles. The van der Waals surface area contributed by atoms with Crippen LogP contribution in [0.25, 0.3) is 0 Å². The molecule has 0 saturated carbocycles. The third-order valence-electron chi connectivity index (χ3n) is 5.13. The third-order valence-corrected chi connectivity index (χ3v) is 6.27. The summed E-state index contributed by atoms with van der Waals surface area (Å²) in [5.74, 6) is -2.80. The SMILES string of the molecule is NC1=NC2=NCC(CCc3ccc(C(=O)NC(CCC(=O)O)C(=O)O)s3)CC2C(=O)N1. The van der Waals surface area contributed by atoms with Crippen LogP contribution in [0.5, 0.6) is 0 Å². The molecule has 12 heteroatoms. The van der Waals surface area contributed by atoms with E-state index in [9.17, 15) is 24.3 Å². The Kier molecular flexibility index (Phi) is 7.00. The number of carboxylic acid groups (broad SMARTS) is 2. The molecule has 3 heterocycles. The summed E-state index contributed by atoms with van der Waals surface area (Å²) in [7, 11) is 0. The number of thiophene rings is 1. The molecule has 0 bridgehead atoms. The van der Waals surface area contributed by atoms with Gasteiger partial charge in [-0.15, -0.1) is 11.3 Å². The molecule has 11 nitrogen and oxygen atoms in total. The van der Waals surface area contributed by atoms with Gasteiger partial charge in [-0.2, -0.15) is 4.99 Å². The fourth-order valence-electron chi connectivity index (χ4n) is 3.49. The number of aliphatic imine (C=N–C) groups is 2. The summed E-state index contributed by atoms with van der Waals surface area (Å²) in [6, 6.07) is 2.17. The fourth-order valence-corrected chi connectivity index (χ4v) is 4.42. The molecule has 2 aliphatic rings. The maximum absolute atomic E-state index is 12.3. The van der Waals surface area contributed by atoms with E-state index in [2.05, 4.69) is 20.6 Å². The molecular formula is C19H23N5O6S. The second-order valence-corrected chi connectivity index (χ2v) is 8.61. The number of nitrogens with one attached hydrogen (secondary N) is 2. The minimum absolute atomic E-state index is 0.0657.